The molecule has 2 aromatic heterocycles. The van der Waals surface area contributed by atoms with Crippen LogP contribution in [-0.4, -0.2) is 19.2 Å². The van der Waals surface area contributed by atoms with Gasteiger partial charge in [-0.3, -0.25) is 0 Å². The summed E-state index contributed by atoms with van der Waals surface area (Å²) >= 11 is 2.33. The molecule has 0 aliphatic rings. The zero-order valence-electron chi connectivity index (χ0n) is 14.5. The minimum Gasteiger partial charge on any atom is -0.505 e. The molecule has 5 heteroatoms. The van der Waals surface area contributed by atoms with Crippen molar-refractivity contribution in [2.75, 3.05) is 0 Å². The molecule has 0 aliphatic carbocycles. The fourth-order valence-electron chi connectivity index (χ4n) is 3.72. The van der Waals surface area contributed by atoms with Crippen molar-refractivity contribution in [3.63, 3.8) is 0 Å². The maximum atomic E-state index is 11.2. The van der Waals surface area contributed by atoms with E-state index in [1.807, 2.05) is 41.2 Å². The first-order chi connectivity index (χ1) is 12.5. The number of phenolic OH excluding ortho intramolecular Hbond substituents is 1. The molecule has 0 bridgehead atoms. The second-order valence-electron chi connectivity index (χ2n) is 7.17. The van der Waals surface area contributed by atoms with E-state index in [1.165, 1.54) is 5.56 Å². The average Bonchev–Trinajstić information content (AvgIpc) is 3.30. The molecule has 0 aliphatic heterocycles. The van der Waals surface area contributed by atoms with Gasteiger partial charge in [-0.2, -0.15) is 0 Å². The Bertz CT molecular complexity index is 1180. The van der Waals surface area contributed by atoms with Crippen molar-refractivity contribution >= 4 is 33.6 Å². The summed E-state index contributed by atoms with van der Waals surface area (Å²) in [6.07, 6.45) is 0. The van der Waals surface area contributed by atoms with E-state index in [1.54, 1.807) is 0 Å². The fourth-order valence-corrected chi connectivity index (χ4v) is 4.33. The summed E-state index contributed by atoms with van der Waals surface area (Å²) in [4.78, 5) is 2.02. The molecule has 4 nitrogen and oxygen atoms in total. The molecule has 1 N–H and O–H groups in total. The Kier molecular flexibility index (Phi) is 3.22. The number of fused-ring (bicyclic) bond motifs is 4. The van der Waals surface area contributed by atoms with Crippen LogP contribution < -0.4 is 0 Å². The molecule has 5 aromatic rings. The Morgan fingerprint density at radius 1 is 0.846 bits per heavy atom. The number of hydrogen-bond acceptors (Lipinski definition) is 1. The number of hydrogen-bond donors (Lipinski definition) is 1. The van der Waals surface area contributed by atoms with Crippen LogP contribution in [-0.2, 0) is 5.41 Å². The van der Waals surface area contributed by atoms with Gasteiger partial charge in [-0.15, -0.1) is 14.1 Å². The molecule has 0 saturated heterocycles. The Morgan fingerprint density at radius 3 is 2.04 bits per heavy atom. The van der Waals surface area contributed by atoms with Gasteiger partial charge in [0.1, 0.15) is 22.5 Å². The lowest BCUT2D eigenvalue weighted by molar-refractivity contribution is 0.449. The fraction of sp³-hybridized carbons (Fsp3) is 0.143. The molecule has 0 unspecified atom stereocenters. The summed E-state index contributed by atoms with van der Waals surface area (Å²) < 4.78 is 5.24. The van der Waals surface area contributed by atoms with Crippen LogP contribution >= 0.6 is 22.6 Å². The second kappa shape index (κ2) is 5.30. The summed E-state index contributed by atoms with van der Waals surface area (Å²) in [7, 11) is 0. The number of benzene rings is 3. The van der Waals surface area contributed by atoms with Gasteiger partial charge < -0.3 is 5.11 Å². The van der Waals surface area contributed by atoms with Crippen molar-refractivity contribution in [1.29, 1.82) is 0 Å². The van der Waals surface area contributed by atoms with Crippen LogP contribution in [0.3, 0.4) is 0 Å². The van der Waals surface area contributed by atoms with Gasteiger partial charge in [0.2, 0.25) is 0 Å². The quantitative estimate of drug-likeness (QED) is 0.380. The molecule has 130 valence electrons. The minimum atomic E-state index is -0.298. The Morgan fingerprint density at radius 2 is 1.42 bits per heavy atom. The number of phenols is 1. The molecule has 0 saturated carbocycles. The Balaban J connectivity index is 1.70. The van der Waals surface area contributed by atoms with Crippen LogP contribution in [0.15, 0.2) is 66.7 Å². The van der Waals surface area contributed by atoms with Gasteiger partial charge in [-0.25, -0.2) is 0 Å². The van der Waals surface area contributed by atoms with E-state index in [-0.39, 0.29) is 5.41 Å². The van der Waals surface area contributed by atoms with E-state index in [0.717, 1.165) is 25.9 Å². The zero-order chi connectivity index (χ0) is 18.1. The highest BCUT2D eigenvalue weighted by molar-refractivity contribution is 14.1. The molecular weight excluding hydrogens is 437 g/mol. The SMILES string of the molecule is CC(C)(c1ccccc1)c1cc(I)cc(-n2n3c4ccccc4n23)c1O. The average molecular weight is 455 g/mol. The third-order valence-corrected chi connectivity index (χ3v) is 5.88. The van der Waals surface area contributed by atoms with Crippen molar-refractivity contribution < 1.29 is 5.11 Å². The minimum absolute atomic E-state index is 0.298. The molecule has 3 aromatic carbocycles. The molecule has 0 fully saturated rings. The van der Waals surface area contributed by atoms with Crippen molar-refractivity contribution in [1.82, 2.24) is 14.1 Å². The van der Waals surface area contributed by atoms with Gasteiger partial charge in [-0.1, -0.05) is 56.3 Å². The third-order valence-electron chi connectivity index (χ3n) is 5.26. The number of para-hydroxylation sites is 2. The van der Waals surface area contributed by atoms with Crippen molar-refractivity contribution in [3.8, 4) is 11.4 Å². The predicted octanol–water partition coefficient (Wildman–Crippen LogP) is 5.06. The number of rotatable bonds is 3. The zero-order valence-corrected chi connectivity index (χ0v) is 16.7. The van der Waals surface area contributed by atoms with E-state index in [9.17, 15) is 5.11 Å². The van der Waals surface area contributed by atoms with Crippen LogP contribution in [0.4, 0.5) is 0 Å². The largest absolute Gasteiger partial charge is 0.505 e. The first kappa shape index (κ1) is 15.8. The van der Waals surface area contributed by atoms with Crippen LogP contribution in [0.1, 0.15) is 25.0 Å². The van der Waals surface area contributed by atoms with Crippen LogP contribution in [0.5, 0.6) is 5.75 Å². The van der Waals surface area contributed by atoms with Crippen molar-refractivity contribution in [2.45, 2.75) is 19.3 Å². The van der Waals surface area contributed by atoms with Gasteiger partial charge in [0.05, 0.1) is 0 Å². The summed E-state index contributed by atoms with van der Waals surface area (Å²) in [5.74, 6) is 0.333. The Hall–Kier alpha value is -2.41. The van der Waals surface area contributed by atoms with Crippen molar-refractivity contribution in [2.24, 2.45) is 0 Å². The smallest absolute Gasteiger partial charge is 0.147 e. The van der Waals surface area contributed by atoms with Gasteiger partial charge >= 0.3 is 0 Å². The highest BCUT2D eigenvalue weighted by Crippen LogP contribution is 2.42. The molecule has 0 atom stereocenters. The summed E-state index contributed by atoms with van der Waals surface area (Å²) in [6.45, 7) is 4.31. The van der Waals surface area contributed by atoms with Gasteiger partial charge in [-0.05, 0) is 52.4 Å². The first-order valence-corrected chi connectivity index (χ1v) is 9.65. The molecule has 0 amide bonds. The normalized spacial score (nSPS) is 12.6. The maximum Gasteiger partial charge on any atom is 0.147 e. The highest BCUT2D eigenvalue weighted by atomic mass is 127. The van der Waals surface area contributed by atoms with Gasteiger partial charge in [0.25, 0.3) is 0 Å². The summed E-state index contributed by atoms with van der Waals surface area (Å²) in [5, 5.41) is 11.2. The summed E-state index contributed by atoms with van der Waals surface area (Å²) in [6, 6.07) is 22.7. The van der Waals surface area contributed by atoms with E-state index in [2.05, 4.69) is 76.0 Å². The molecule has 0 spiro atoms. The second-order valence-corrected chi connectivity index (χ2v) is 8.41. The topological polar surface area (TPSA) is 34.0 Å². The molecular formula is C21H18IN3O. The number of aromatic nitrogens is 3. The molecule has 0 radical (unpaired) electrons. The molecule has 5 rings (SSSR count). The van der Waals surface area contributed by atoms with Crippen molar-refractivity contribution in [3.05, 3.63) is 81.4 Å². The highest BCUT2D eigenvalue weighted by Gasteiger charge is 2.31. The Labute approximate surface area is 164 Å². The number of nitrogens with zero attached hydrogens (tertiary/aromatic N) is 3. The third kappa shape index (κ3) is 2.06. The lowest BCUT2D eigenvalue weighted by Gasteiger charge is -2.27. The monoisotopic (exact) mass is 455 g/mol. The van der Waals surface area contributed by atoms with E-state index < -0.39 is 0 Å². The molecule has 26 heavy (non-hydrogen) atoms. The van der Waals surface area contributed by atoms with Crippen LogP contribution in [0, 0.1) is 3.57 Å². The summed E-state index contributed by atoms with van der Waals surface area (Å²) in [5.41, 5.74) is 4.95. The van der Waals surface area contributed by atoms with Gasteiger partial charge in [0, 0.05) is 14.5 Å². The van der Waals surface area contributed by atoms with Gasteiger partial charge in [0.15, 0.2) is 0 Å². The lowest BCUT2D eigenvalue weighted by Crippen LogP contribution is -2.19. The number of halogens is 1. The standard InChI is InChI=1S/C21H18IN3O/c1-21(2,14-8-4-3-5-9-14)16-12-15(22)13-19(20(16)26)25-23-17-10-6-7-11-18(17)24(23)25/h3-13,26H,1-2H3. The molecule has 2 heterocycles. The van der Waals surface area contributed by atoms with E-state index in [0.29, 0.717) is 5.75 Å². The van der Waals surface area contributed by atoms with Crippen LogP contribution in [0.25, 0.3) is 16.7 Å². The predicted molar refractivity (Wildman–Crippen MR) is 112 cm³/mol. The van der Waals surface area contributed by atoms with E-state index in [4.69, 9.17) is 0 Å². The van der Waals surface area contributed by atoms with E-state index >= 15 is 0 Å². The maximum absolute atomic E-state index is 11.2. The first-order valence-electron chi connectivity index (χ1n) is 8.58. The van der Waals surface area contributed by atoms with Crippen LogP contribution in [0.2, 0.25) is 0 Å². The number of aromatic hydroxyl groups is 1. The lowest BCUT2D eigenvalue weighted by atomic mass is 9.77.